The number of halogens is 1. The number of hydrogen-bond donors (Lipinski definition) is 1. The molecule has 1 aliphatic rings. The molecule has 0 aliphatic heterocycles. The summed E-state index contributed by atoms with van der Waals surface area (Å²) in [6, 6.07) is 18.8. The van der Waals surface area contributed by atoms with E-state index in [1.165, 1.54) is 37.3 Å². The quantitative estimate of drug-likeness (QED) is 0.288. The van der Waals surface area contributed by atoms with Crippen molar-refractivity contribution in [3.8, 4) is 11.5 Å². The molecular weight excluding hydrogens is 590 g/mol. The van der Waals surface area contributed by atoms with Crippen molar-refractivity contribution >= 4 is 39.1 Å². The Morgan fingerprint density at radius 3 is 2.28 bits per heavy atom. The monoisotopic (exact) mass is 627 g/mol. The number of sulfonamides is 1. The Hall–Kier alpha value is -3.76. The first-order valence-electron chi connectivity index (χ1n) is 14.3. The number of benzene rings is 3. The molecule has 0 spiro atoms. The molecule has 43 heavy (non-hydrogen) atoms. The highest BCUT2D eigenvalue weighted by molar-refractivity contribution is 7.92. The molecule has 2 amide bonds. The number of carbonyl (C=O) groups is 2. The van der Waals surface area contributed by atoms with E-state index in [9.17, 15) is 18.0 Å². The number of nitrogens with zero attached hydrogens (tertiary/aromatic N) is 2. The van der Waals surface area contributed by atoms with Crippen LogP contribution in [0.15, 0.2) is 77.7 Å². The van der Waals surface area contributed by atoms with Gasteiger partial charge in [-0.25, -0.2) is 8.42 Å². The predicted molar refractivity (Wildman–Crippen MR) is 167 cm³/mol. The summed E-state index contributed by atoms with van der Waals surface area (Å²) in [4.78, 5) is 29.1. The zero-order valence-electron chi connectivity index (χ0n) is 24.7. The lowest BCUT2D eigenvalue weighted by Gasteiger charge is -2.33. The summed E-state index contributed by atoms with van der Waals surface area (Å²) >= 11 is 6.46. The normalized spacial score (nSPS) is 14.4. The van der Waals surface area contributed by atoms with Crippen LogP contribution in [0.5, 0.6) is 11.5 Å². The SMILES string of the molecule is COc1ccc(OC)c(N(CC(=O)N(Cc2ccccc2Cl)[C@H](C)C(=O)NC2CCCCC2)S(=O)(=O)c2ccccc2)c1. The van der Waals surface area contributed by atoms with E-state index >= 15 is 0 Å². The van der Waals surface area contributed by atoms with E-state index in [0.29, 0.717) is 16.3 Å². The van der Waals surface area contributed by atoms with Gasteiger partial charge in [0.1, 0.15) is 24.1 Å². The smallest absolute Gasteiger partial charge is 0.264 e. The second-order valence-electron chi connectivity index (χ2n) is 10.5. The molecule has 0 bridgehead atoms. The van der Waals surface area contributed by atoms with Crippen molar-refractivity contribution < 1.29 is 27.5 Å². The molecule has 9 nitrogen and oxygen atoms in total. The fourth-order valence-electron chi connectivity index (χ4n) is 5.19. The minimum atomic E-state index is -4.27. The van der Waals surface area contributed by atoms with Gasteiger partial charge in [-0.05, 0) is 55.7 Å². The Bertz CT molecular complexity index is 1510. The van der Waals surface area contributed by atoms with E-state index < -0.39 is 28.5 Å². The molecule has 230 valence electrons. The van der Waals surface area contributed by atoms with Crippen LogP contribution in [0.1, 0.15) is 44.6 Å². The molecule has 1 aliphatic carbocycles. The van der Waals surface area contributed by atoms with Crippen molar-refractivity contribution in [3.05, 3.63) is 83.4 Å². The van der Waals surface area contributed by atoms with Crippen molar-refractivity contribution in [1.82, 2.24) is 10.2 Å². The van der Waals surface area contributed by atoms with E-state index in [-0.39, 0.29) is 34.8 Å². The topological polar surface area (TPSA) is 105 Å². The lowest BCUT2D eigenvalue weighted by atomic mass is 9.95. The number of amides is 2. The van der Waals surface area contributed by atoms with Crippen LogP contribution < -0.4 is 19.1 Å². The van der Waals surface area contributed by atoms with E-state index in [4.69, 9.17) is 21.1 Å². The maximum atomic E-state index is 14.2. The van der Waals surface area contributed by atoms with Gasteiger partial charge < -0.3 is 19.7 Å². The zero-order valence-corrected chi connectivity index (χ0v) is 26.2. The third-order valence-electron chi connectivity index (χ3n) is 7.68. The number of methoxy groups -OCH3 is 2. The number of anilines is 1. The second-order valence-corrected chi connectivity index (χ2v) is 12.8. The highest BCUT2D eigenvalue weighted by Crippen LogP contribution is 2.36. The number of rotatable bonds is 12. The molecule has 4 rings (SSSR count). The van der Waals surface area contributed by atoms with Gasteiger partial charge in [0, 0.05) is 23.7 Å². The lowest BCUT2D eigenvalue weighted by Crippen LogP contribution is -2.53. The molecule has 1 atom stereocenters. The summed E-state index contributed by atoms with van der Waals surface area (Å²) in [5.41, 5.74) is 0.752. The maximum Gasteiger partial charge on any atom is 0.264 e. The molecule has 11 heteroatoms. The van der Waals surface area contributed by atoms with Gasteiger partial charge in [0.2, 0.25) is 11.8 Å². The summed E-state index contributed by atoms with van der Waals surface area (Å²) < 4.78 is 40.1. The Morgan fingerprint density at radius 2 is 1.63 bits per heavy atom. The highest BCUT2D eigenvalue weighted by Gasteiger charge is 2.34. The molecule has 1 saturated carbocycles. The molecule has 1 N–H and O–H groups in total. The van der Waals surface area contributed by atoms with E-state index in [0.717, 1.165) is 36.4 Å². The highest BCUT2D eigenvalue weighted by atomic mass is 35.5. The molecule has 1 fully saturated rings. The average molecular weight is 628 g/mol. The van der Waals surface area contributed by atoms with Crippen LogP contribution in [0.25, 0.3) is 0 Å². The fraction of sp³-hybridized carbons (Fsp3) is 0.375. The van der Waals surface area contributed by atoms with Crippen molar-refractivity contribution in [2.75, 3.05) is 25.1 Å². The molecule has 0 radical (unpaired) electrons. The predicted octanol–water partition coefficient (Wildman–Crippen LogP) is 5.42. The van der Waals surface area contributed by atoms with Gasteiger partial charge in [-0.2, -0.15) is 0 Å². The van der Waals surface area contributed by atoms with E-state index in [1.807, 2.05) is 0 Å². The van der Waals surface area contributed by atoms with Gasteiger partial charge in [0.15, 0.2) is 0 Å². The molecule has 0 aromatic heterocycles. The fourth-order valence-corrected chi connectivity index (χ4v) is 6.82. The Morgan fingerprint density at radius 1 is 0.953 bits per heavy atom. The Balaban J connectivity index is 1.74. The standard InChI is InChI=1S/C32H38ClN3O6S/c1-23(32(38)34-25-13-6-4-7-14-25)35(21-24-12-10-11-17-28(24)33)31(37)22-36(43(39,40)27-15-8-5-9-16-27)29-20-26(41-2)18-19-30(29)42-3/h5,8-12,15-20,23,25H,4,6-7,13-14,21-22H2,1-3H3,(H,34,38)/t23-/m1/s1. The molecule has 3 aromatic carbocycles. The van der Waals surface area contributed by atoms with Crippen molar-refractivity contribution in [1.29, 1.82) is 0 Å². The van der Waals surface area contributed by atoms with Gasteiger partial charge in [0.25, 0.3) is 10.0 Å². The summed E-state index contributed by atoms with van der Waals surface area (Å²) in [7, 11) is -1.38. The number of ether oxygens (including phenoxy) is 2. The first-order valence-corrected chi connectivity index (χ1v) is 16.1. The van der Waals surface area contributed by atoms with Crippen LogP contribution in [0.4, 0.5) is 5.69 Å². The Labute approximate surface area is 258 Å². The Kier molecular flexibility index (Phi) is 10.9. The van der Waals surface area contributed by atoms with Crippen molar-refractivity contribution in [2.45, 2.75) is 62.6 Å². The zero-order chi connectivity index (χ0) is 31.0. The third kappa shape index (κ3) is 7.80. The first-order chi connectivity index (χ1) is 20.6. The summed E-state index contributed by atoms with van der Waals surface area (Å²) in [5.74, 6) is -0.280. The van der Waals surface area contributed by atoms with Crippen LogP contribution in [-0.2, 0) is 26.2 Å². The summed E-state index contributed by atoms with van der Waals surface area (Å²) in [5, 5.41) is 3.53. The lowest BCUT2D eigenvalue weighted by molar-refractivity contribution is -0.139. The second kappa shape index (κ2) is 14.6. The minimum Gasteiger partial charge on any atom is -0.497 e. The van der Waals surface area contributed by atoms with Crippen molar-refractivity contribution in [3.63, 3.8) is 0 Å². The van der Waals surface area contributed by atoms with E-state index in [1.54, 1.807) is 61.5 Å². The molecule has 0 heterocycles. The average Bonchev–Trinajstić information content (AvgIpc) is 3.03. The number of nitrogens with one attached hydrogen (secondary N) is 1. The number of carbonyl (C=O) groups excluding carboxylic acids is 2. The molecule has 3 aromatic rings. The van der Waals surface area contributed by atoms with Crippen LogP contribution in [0.3, 0.4) is 0 Å². The van der Waals surface area contributed by atoms with Gasteiger partial charge in [0.05, 0.1) is 24.8 Å². The molecular formula is C32H38ClN3O6S. The van der Waals surface area contributed by atoms with Crippen LogP contribution in [0, 0.1) is 0 Å². The van der Waals surface area contributed by atoms with E-state index in [2.05, 4.69) is 5.32 Å². The minimum absolute atomic E-state index is 0.00610. The largest absolute Gasteiger partial charge is 0.497 e. The first kappa shape index (κ1) is 32.2. The molecule has 0 unspecified atom stereocenters. The number of hydrogen-bond acceptors (Lipinski definition) is 6. The van der Waals surface area contributed by atoms with Gasteiger partial charge in [-0.1, -0.05) is 67.3 Å². The third-order valence-corrected chi connectivity index (χ3v) is 9.82. The summed E-state index contributed by atoms with van der Waals surface area (Å²) in [6.07, 6.45) is 4.98. The van der Waals surface area contributed by atoms with Crippen LogP contribution in [0.2, 0.25) is 5.02 Å². The van der Waals surface area contributed by atoms with Crippen LogP contribution >= 0.6 is 11.6 Å². The van der Waals surface area contributed by atoms with Gasteiger partial charge in [-0.15, -0.1) is 0 Å². The van der Waals surface area contributed by atoms with Gasteiger partial charge >= 0.3 is 0 Å². The maximum absolute atomic E-state index is 14.2. The molecule has 0 saturated heterocycles. The van der Waals surface area contributed by atoms with Crippen LogP contribution in [-0.4, -0.2) is 58.0 Å². The summed E-state index contributed by atoms with van der Waals surface area (Å²) in [6.45, 7) is 1.05. The van der Waals surface area contributed by atoms with Crippen molar-refractivity contribution in [2.24, 2.45) is 0 Å². The van der Waals surface area contributed by atoms with Gasteiger partial charge in [-0.3, -0.25) is 13.9 Å².